The van der Waals surface area contributed by atoms with E-state index in [0.717, 1.165) is 35.6 Å². The van der Waals surface area contributed by atoms with Gasteiger partial charge in [0, 0.05) is 19.0 Å². The molecule has 4 heteroatoms. The van der Waals surface area contributed by atoms with Crippen molar-refractivity contribution in [2.75, 3.05) is 13.7 Å². The lowest BCUT2D eigenvalue weighted by Crippen LogP contribution is -2.22. The average Bonchev–Trinajstić information content (AvgIpc) is 3.02. The molecule has 3 nitrogen and oxygen atoms in total. The molecule has 16 heavy (non-hydrogen) atoms. The summed E-state index contributed by atoms with van der Waals surface area (Å²) < 4.78 is 5.05. The van der Waals surface area contributed by atoms with Gasteiger partial charge in [0.1, 0.15) is 5.01 Å². The van der Waals surface area contributed by atoms with Crippen molar-refractivity contribution in [2.45, 2.75) is 32.9 Å². The van der Waals surface area contributed by atoms with Gasteiger partial charge < -0.3 is 10.1 Å². The number of thiazole rings is 1. The van der Waals surface area contributed by atoms with E-state index in [4.69, 9.17) is 4.74 Å². The van der Waals surface area contributed by atoms with Crippen molar-refractivity contribution < 1.29 is 4.74 Å². The molecule has 1 N–H and O–H groups in total. The summed E-state index contributed by atoms with van der Waals surface area (Å²) in [6.07, 6.45) is 2.86. The first-order valence-electron chi connectivity index (χ1n) is 5.92. The van der Waals surface area contributed by atoms with Crippen molar-refractivity contribution in [2.24, 2.45) is 11.8 Å². The number of rotatable bonds is 7. The molecule has 1 heterocycles. The van der Waals surface area contributed by atoms with Crippen LogP contribution in [0, 0.1) is 11.8 Å². The van der Waals surface area contributed by atoms with Crippen LogP contribution in [0.4, 0.5) is 0 Å². The summed E-state index contributed by atoms with van der Waals surface area (Å²) in [5, 5.41) is 6.66. The predicted octanol–water partition coefficient (Wildman–Crippen LogP) is 2.43. The highest BCUT2D eigenvalue weighted by Gasteiger charge is 2.27. The summed E-state index contributed by atoms with van der Waals surface area (Å²) in [6, 6.07) is 0. The van der Waals surface area contributed by atoms with Crippen LogP contribution in [0.5, 0.6) is 0 Å². The standard InChI is InChI=1S/C12H20N2OS/c1-9(10-3-4-10)5-13-6-11-8-16-12(14-11)7-15-2/h8-10,13H,3-7H2,1-2H3. The summed E-state index contributed by atoms with van der Waals surface area (Å²) in [5.41, 5.74) is 1.14. The number of nitrogens with zero attached hydrogens (tertiary/aromatic N) is 1. The van der Waals surface area contributed by atoms with Gasteiger partial charge in [-0.3, -0.25) is 0 Å². The first kappa shape index (κ1) is 12.0. The average molecular weight is 240 g/mol. The fourth-order valence-corrected chi connectivity index (χ4v) is 2.64. The zero-order valence-electron chi connectivity index (χ0n) is 10.0. The SMILES string of the molecule is COCc1nc(CNCC(C)C2CC2)cs1. The lowest BCUT2D eigenvalue weighted by molar-refractivity contribution is 0.184. The van der Waals surface area contributed by atoms with E-state index in [1.165, 1.54) is 12.8 Å². The third-order valence-corrected chi connectivity index (χ3v) is 3.94. The predicted molar refractivity (Wildman–Crippen MR) is 66.4 cm³/mol. The molecule has 0 amide bonds. The molecular formula is C12H20N2OS. The van der Waals surface area contributed by atoms with Gasteiger partial charge in [-0.25, -0.2) is 4.98 Å². The number of aromatic nitrogens is 1. The number of methoxy groups -OCH3 is 1. The van der Waals surface area contributed by atoms with Crippen LogP contribution in [0.15, 0.2) is 5.38 Å². The number of hydrogen-bond donors (Lipinski definition) is 1. The fraction of sp³-hybridized carbons (Fsp3) is 0.750. The first-order valence-corrected chi connectivity index (χ1v) is 6.80. The summed E-state index contributed by atoms with van der Waals surface area (Å²) in [5.74, 6) is 1.80. The second kappa shape index (κ2) is 5.75. The number of ether oxygens (including phenoxy) is 1. The van der Waals surface area contributed by atoms with E-state index in [1.807, 2.05) is 0 Å². The zero-order chi connectivity index (χ0) is 11.4. The van der Waals surface area contributed by atoms with Crippen LogP contribution in [0.2, 0.25) is 0 Å². The third kappa shape index (κ3) is 3.54. The van der Waals surface area contributed by atoms with Crippen LogP contribution in [0.25, 0.3) is 0 Å². The van der Waals surface area contributed by atoms with Crippen LogP contribution < -0.4 is 5.32 Å². The van der Waals surface area contributed by atoms with Gasteiger partial charge in [0.2, 0.25) is 0 Å². The molecule has 0 bridgehead atoms. The highest BCUT2D eigenvalue weighted by atomic mass is 32.1. The largest absolute Gasteiger partial charge is 0.378 e. The quantitative estimate of drug-likeness (QED) is 0.795. The Kier molecular flexibility index (Phi) is 4.32. The van der Waals surface area contributed by atoms with Crippen molar-refractivity contribution in [3.05, 3.63) is 16.1 Å². The molecule has 0 aliphatic heterocycles. The first-order chi connectivity index (χ1) is 7.79. The van der Waals surface area contributed by atoms with Crippen LogP contribution in [-0.2, 0) is 17.9 Å². The molecule has 1 atom stereocenters. The topological polar surface area (TPSA) is 34.1 Å². The maximum absolute atomic E-state index is 5.05. The van der Waals surface area contributed by atoms with Gasteiger partial charge >= 0.3 is 0 Å². The summed E-state index contributed by atoms with van der Waals surface area (Å²) >= 11 is 1.68. The highest BCUT2D eigenvalue weighted by molar-refractivity contribution is 7.09. The molecule has 1 aromatic heterocycles. The number of nitrogens with one attached hydrogen (secondary N) is 1. The lowest BCUT2D eigenvalue weighted by atomic mass is 10.1. The fourth-order valence-electron chi connectivity index (χ4n) is 1.88. The molecule has 0 saturated heterocycles. The monoisotopic (exact) mass is 240 g/mol. The van der Waals surface area contributed by atoms with Gasteiger partial charge in [-0.15, -0.1) is 11.3 Å². The van der Waals surface area contributed by atoms with Gasteiger partial charge in [-0.05, 0) is 31.2 Å². The van der Waals surface area contributed by atoms with E-state index in [9.17, 15) is 0 Å². The van der Waals surface area contributed by atoms with Gasteiger partial charge in [-0.2, -0.15) is 0 Å². The summed E-state index contributed by atoms with van der Waals surface area (Å²) in [6.45, 7) is 4.96. The maximum atomic E-state index is 5.05. The maximum Gasteiger partial charge on any atom is 0.119 e. The van der Waals surface area contributed by atoms with Gasteiger partial charge in [0.05, 0.1) is 12.3 Å². The van der Waals surface area contributed by atoms with E-state index in [0.29, 0.717) is 6.61 Å². The van der Waals surface area contributed by atoms with Crippen molar-refractivity contribution in [3.8, 4) is 0 Å². The van der Waals surface area contributed by atoms with E-state index < -0.39 is 0 Å². The molecule has 1 aliphatic carbocycles. The van der Waals surface area contributed by atoms with Crippen molar-refractivity contribution in [1.29, 1.82) is 0 Å². The molecular weight excluding hydrogens is 220 g/mol. The van der Waals surface area contributed by atoms with Crippen LogP contribution in [-0.4, -0.2) is 18.6 Å². The molecule has 90 valence electrons. The minimum Gasteiger partial charge on any atom is -0.378 e. The molecule has 0 spiro atoms. The summed E-state index contributed by atoms with van der Waals surface area (Å²) in [4.78, 5) is 4.49. The highest BCUT2D eigenvalue weighted by Crippen LogP contribution is 2.36. The molecule has 0 radical (unpaired) electrons. The summed E-state index contributed by atoms with van der Waals surface area (Å²) in [7, 11) is 1.70. The molecule has 1 fully saturated rings. The molecule has 0 aromatic carbocycles. The Morgan fingerprint density at radius 2 is 2.44 bits per heavy atom. The zero-order valence-corrected chi connectivity index (χ0v) is 10.8. The minimum absolute atomic E-state index is 0.628. The minimum atomic E-state index is 0.628. The Labute approximate surface area is 101 Å². The normalized spacial score (nSPS) is 17.6. The van der Waals surface area contributed by atoms with E-state index in [-0.39, 0.29) is 0 Å². The molecule has 1 aliphatic rings. The molecule has 1 aromatic rings. The Hall–Kier alpha value is -0.450. The molecule has 1 saturated carbocycles. The Bertz CT molecular complexity index is 323. The van der Waals surface area contributed by atoms with Crippen molar-refractivity contribution >= 4 is 11.3 Å². The Morgan fingerprint density at radius 3 is 3.12 bits per heavy atom. The van der Waals surface area contributed by atoms with Gasteiger partial charge in [-0.1, -0.05) is 6.92 Å². The Morgan fingerprint density at radius 1 is 1.62 bits per heavy atom. The number of hydrogen-bond acceptors (Lipinski definition) is 4. The van der Waals surface area contributed by atoms with Gasteiger partial charge in [0.25, 0.3) is 0 Å². The van der Waals surface area contributed by atoms with Crippen LogP contribution >= 0.6 is 11.3 Å². The smallest absolute Gasteiger partial charge is 0.119 e. The second-order valence-electron chi connectivity index (χ2n) is 4.61. The molecule has 2 rings (SSSR count). The van der Waals surface area contributed by atoms with Crippen LogP contribution in [0.3, 0.4) is 0 Å². The third-order valence-electron chi connectivity index (χ3n) is 3.07. The van der Waals surface area contributed by atoms with Crippen LogP contribution in [0.1, 0.15) is 30.5 Å². The van der Waals surface area contributed by atoms with E-state index >= 15 is 0 Å². The van der Waals surface area contributed by atoms with E-state index in [1.54, 1.807) is 18.4 Å². The van der Waals surface area contributed by atoms with Crippen molar-refractivity contribution in [1.82, 2.24) is 10.3 Å². The Balaban J connectivity index is 1.67. The van der Waals surface area contributed by atoms with Gasteiger partial charge in [0.15, 0.2) is 0 Å². The molecule has 1 unspecified atom stereocenters. The van der Waals surface area contributed by atoms with E-state index in [2.05, 4.69) is 22.6 Å². The van der Waals surface area contributed by atoms with Crippen molar-refractivity contribution in [3.63, 3.8) is 0 Å². The lowest BCUT2D eigenvalue weighted by Gasteiger charge is -2.09. The second-order valence-corrected chi connectivity index (χ2v) is 5.55.